The Morgan fingerprint density at radius 2 is 2.16 bits per heavy atom. The second-order valence-corrected chi connectivity index (χ2v) is 5.57. The number of anilines is 1. The van der Waals surface area contributed by atoms with Crippen molar-refractivity contribution < 1.29 is 24.2 Å². The summed E-state index contributed by atoms with van der Waals surface area (Å²) in [5.74, 6) is -0.342. The van der Waals surface area contributed by atoms with Gasteiger partial charge in [-0.2, -0.15) is 0 Å². The molecule has 0 aliphatic carbocycles. The Kier molecular flexibility index (Phi) is 4.46. The molecule has 1 aliphatic heterocycles. The number of fused-ring (bicyclic) bond motifs is 1. The van der Waals surface area contributed by atoms with Gasteiger partial charge in [0.2, 0.25) is 11.8 Å². The van der Waals surface area contributed by atoms with Gasteiger partial charge in [0.15, 0.2) is 5.78 Å². The molecule has 0 bridgehead atoms. The zero-order chi connectivity index (χ0) is 18.0. The van der Waals surface area contributed by atoms with Crippen molar-refractivity contribution in [2.75, 3.05) is 19.0 Å². The topological polar surface area (TPSA) is 122 Å². The van der Waals surface area contributed by atoms with Gasteiger partial charge in [0, 0.05) is 18.7 Å². The van der Waals surface area contributed by atoms with Crippen molar-refractivity contribution in [3.63, 3.8) is 0 Å². The second-order valence-electron chi connectivity index (χ2n) is 5.57. The molecule has 2 N–H and O–H groups in total. The highest BCUT2D eigenvalue weighted by Gasteiger charge is 2.35. The first-order valence-electron chi connectivity index (χ1n) is 7.61. The lowest BCUT2D eigenvalue weighted by atomic mass is 10.0. The van der Waals surface area contributed by atoms with Gasteiger partial charge in [-0.3, -0.25) is 19.5 Å². The molecule has 130 valence electrons. The number of likely N-dealkylation sites (tertiary alicyclic amines) is 1. The average molecular weight is 344 g/mol. The summed E-state index contributed by atoms with van der Waals surface area (Å²) in [5, 5.41) is 11.9. The van der Waals surface area contributed by atoms with E-state index in [2.05, 4.69) is 15.3 Å². The van der Waals surface area contributed by atoms with Gasteiger partial charge in [-0.15, -0.1) is 0 Å². The second kappa shape index (κ2) is 6.71. The smallest absolute Gasteiger partial charge is 0.408 e. The highest BCUT2D eigenvalue weighted by Crippen LogP contribution is 2.24. The largest absolute Gasteiger partial charge is 0.481 e. The third-order valence-electron chi connectivity index (χ3n) is 3.99. The van der Waals surface area contributed by atoms with Crippen molar-refractivity contribution in [2.45, 2.75) is 18.9 Å². The number of carbonyl (C=O) groups is 3. The minimum Gasteiger partial charge on any atom is -0.481 e. The van der Waals surface area contributed by atoms with Gasteiger partial charge in [-0.25, -0.2) is 9.78 Å². The summed E-state index contributed by atoms with van der Waals surface area (Å²) in [6.07, 6.45) is 0.542. The van der Waals surface area contributed by atoms with Crippen LogP contribution >= 0.6 is 0 Å². The number of nitrogens with zero attached hydrogens (tertiary/aromatic N) is 3. The van der Waals surface area contributed by atoms with Crippen molar-refractivity contribution in [3.8, 4) is 5.88 Å². The Bertz CT molecular complexity index is 854. The van der Waals surface area contributed by atoms with Crippen LogP contribution in [0.2, 0.25) is 0 Å². The molecular formula is C16H16N4O5. The summed E-state index contributed by atoms with van der Waals surface area (Å²) >= 11 is 0. The minimum absolute atomic E-state index is 0.150. The maximum Gasteiger partial charge on any atom is 0.408 e. The molecule has 9 heteroatoms. The Balaban J connectivity index is 1.88. The summed E-state index contributed by atoms with van der Waals surface area (Å²) < 4.78 is 5.08. The van der Waals surface area contributed by atoms with Crippen LogP contribution in [0.15, 0.2) is 24.4 Å². The van der Waals surface area contributed by atoms with Crippen LogP contribution in [0, 0.1) is 0 Å². The van der Waals surface area contributed by atoms with Gasteiger partial charge in [-0.1, -0.05) is 0 Å². The molecule has 3 rings (SSSR count). The van der Waals surface area contributed by atoms with Gasteiger partial charge < -0.3 is 15.2 Å². The summed E-state index contributed by atoms with van der Waals surface area (Å²) in [5.41, 5.74) is 1.40. The number of piperidine rings is 1. The van der Waals surface area contributed by atoms with Crippen LogP contribution in [0.1, 0.15) is 12.8 Å². The van der Waals surface area contributed by atoms with Gasteiger partial charge in [0.25, 0.3) is 0 Å². The average Bonchev–Trinajstić information content (AvgIpc) is 2.61. The number of rotatable bonds is 3. The van der Waals surface area contributed by atoms with Crippen LogP contribution in [0.5, 0.6) is 5.88 Å². The molecule has 3 heterocycles. The zero-order valence-electron chi connectivity index (χ0n) is 13.4. The predicted molar refractivity (Wildman–Crippen MR) is 87.5 cm³/mol. The standard InChI is InChI=1S/C16H16N4O5/c1-25-13-5-3-10-14(19-13)11(6-7-17-10)18-15(22)12-4-2-9(21)8-20(12)16(23)24/h3,5-7,12H,2,4,8H2,1H3,(H,23,24)(H,17,18,22)/t12-/m0/s1. The number of methoxy groups -OCH3 is 1. The van der Waals surface area contributed by atoms with E-state index in [9.17, 15) is 19.5 Å². The van der Waals surface area contributed by atoms with E-state index < -0.39 is 18.0 Å². The van der Waals surface area contributed by atoms with E-state index in [1.165, 1.54) is 13.3 Å². The number of pyridine rings is 2. The number of aromatic nitrogens is 2. The number of ether oxygens (including phenoxy) is 1. The van der Waals surface area contributed by atoms with Crippen LogP contribution < -0.4 is 10.1 Å². The molecule has 2 aromatic rings. The monoisotopic (exact) mass is 344 g/mol. The molecule has 0 spiro atoms. The fourth-order valence-corrected chi connectivity index (χ4v) is 2.74. The summed E-state index contributed by atoms with van der Waals surface area (Å²) in [7, 11) is 1.48. The van der Waals surface area contributed by atoms with Gasteiger partial charge in [-0.05, 0) is 18.6 Å². The number of hydrogen-bond donors (Lipinski definition) is 2. The number of carboxylic acid groups (broad SMARTS) is 1. The number of carbonyl (C=O) groups excluding carboxylic acids is 2. The molecule has 0 saturated carbocycles. The van der Waals surface area contributed by atoms with Crippen molar-refractivity contribution in [2.24, 2.45) is 0 Å². The SMILES string of the molecule is COc1ccc2nccc(NC(=O)[C@@H]3CCC(=O)CN3C(=O)O)c2n1. The van der Waals surface area contributed by atoms with E-state index >= 15 is 0 Å². The molecule has 1 atom stereocenters. The summed E-state index contributed by atoms with van der Waals surface area (Å²) in [4.78, 5) is 44.7. The highest BCUT2D eigenvalue weighted by atomic mass is 16.5. The first-order chi connectivity index (χ1) is 12.0. The van der Waals surface area contributed by atoms with E-state index in [1.54, 1.807) is 18.2 Å². The van der Waals surface area contributed by atoms with E-state index in [1.807, 2.05) is 0 Å². The molecule has 25 heavy (non-hydrogen) atoms. The first-order valence-corrected chi connectivity index (χ1v) is 7.61. The molecule has 2 aromatic heterocycles. The molecule has 1 saturated heterocycles. The first kappa shape index (κ1) is 16.6. The maximum absolute atomic E-state index is 12.6. The van der Waals surface area contributed by atoms with Crippen LogP contribution in [-0.2, 0) is 9.59 Å². The molecule has 0 unspecified atom stereocenters. The third kappa shape index (κ3) is 3.35. The lowest BCUT2D eigenvalue weighted by molar-refractivity contribution is -0.128. The van der Waals surface area contributed by atoms with E-state index in [-0.39, 0.29) is 25.2 Å². The Morgan fingerprint density at radius 1 is 1.36 bits per heavy atom. The van der Waals surface area contributed by atoms with E-state index in [0.29, 0.717) is 22.6 Å². The summed E-state index contributed by atoms with van der Waals surface area (Å²) in [6, 6.07) is 4.01. The van der Waals surface area contributed by atoms with E-state index in [4.69, 9.17) is 4.74 Å². The molecular weight excluding hydrogens is 328 g/mol. The van der Waals surface area contributed by atoms with Gasteiger partial charge in [0.05, 0.1) is 24.9 Å². The zero-order valence-corrected chi connectivity index (χ0v) is 13.4. The summed E-state index contributed by atoms with van der Waals surface area (Å²) in [6.45, 7) is -0.281. The number of hydrogen-bond acceptors (Lipinski definition) is 6. The van der Waals surface area contributed by atoms with E-state index in [0.717, 1.165) is 4.90 Å². The van der Waals surface area contributed by atoms with Gasteiger partial charge >= 0.3 is 6.09 Å². The van der Waals surface area contributed by atoms with Crippen molar-refractivity contribution in [1.29, 1.82) is 0 Å². The lowest BCUT2D eigenvalue weighted by Crippen LogP contribution is -2.52. The van der Waals surface area contributed by atoms with Gasteiger partial charge in [0.1, 0.15) is 11.6 Å². The molecule has 0 radical (unpaired) electrons. The molecule has 0 aromatic carbocycles. The molecule has 1 aliphatic rings. The highest BCUT2D eigenvalue weighted by molar-refractivity contribution is 6.03. The lowest BCUT2D eigenvalue weighted by Gasteiger charge is -2.31. The molecule has 9 nitrogen and oxygen atoms in total. The van der Waals surface area contributed by atoms with Crippen molar-refractivity contribution in [3.05, 3.63) is 24.4 Å². The quantitative estimate of drug-likeness (QED) is 0.860. The number of Topliss-reactive ketones (excluding diaryl/α,β-unsaturated/α-hetero) is 1. The third-order valence-corrected chi connectivity index (χ3v) is 3.99. The molecule has 2 amide bonds. The fraction of sp³-hybridized carbons (Fsp3) is 0.312. The number of amides is 2. The van der Waals surface area contributed by atoms with Crippen LogP contribution in [0.4, 0.5) is 10.5 Å². The Labute approximate surface area is 142 Å². The normalized spacial score (nSPS) is 17.4. The van der Waals surface area contributed by atoms with Crippen LogP contribution in [0.25, 0.3) is 11.0 Å². The van der Waals surface area contributed by atoms with Crippen molar-refractivity contribution >= 4 is 34.5 Å². The number of nitrogens with one attached hydrogen (secondary N) is 1. The van der Waals surface area contributed by atoms with Crippen LogP contribution in [-0.4, -0.2) is 57.5 Å². The molecule has 1 fully saturated rings. The minimum atomic E-state index is -1.30. The fourth-order valence-electron chi connectivity index (χ4n) is 2.74. The van der Waals surface area contributed by atoms with Crippen molar-refractivity contribution in [1.82, 2.24) is 14.9 Å². The van der Waals surface area contributed by atoms with Crippen LogP contribution in [0.3, 0.4) is 0 Å². The predicted octanol–water partition coefficient (Wildman–Crippen LogP) is 1.29. The Hall–Kier alpha value is -3.23. The Morgan fingerprint density at radius 3 is 2.88 bits per heavy atom. The maximum atomic E-state index is 12.6. The number of ketones is 1.